The maximum atomic E-state index is 12.2. The van der Waals surface area contributed by atoms with Crippen LogP contribution in [0.5, 0.6) is 0 Å². The van der Waals surface area contributed by atoms with E-state index in [0.717, 1.165) is 18.7 Å². The number of morpholine rings is 1. The van der Waals surface area contributed by atoms with Crippen LogP contribution in [-0.4, -0.2) is 51.6 Å². The first-order chi connectivity index (χ1) is 14.2. The second-order valence-electron chi connectivity index (χ2n) is 7.15. The number of nitrogens with two attached hydrogens (primary N) is 1. The van der Waals surface area contributed by atoms with Gasteiger partial charge in [-0.15, -0.1) is 0 Å². The predicted molar refractivity (Wildman–Crippen MR) is 116 cm³/mol. The van der Waals surface area contributed by atoms with Gasteiger partial charge in [0.1, 0.15) is 0 Å². The van der Waals surface area contributed by atoms with Gasteiger partial charge in [-0.05, 0) is 35.4 Å². The zero-order valence-electron chi connectivity index (χ0n) is 16.2. The molecule has 0 bridgehead atoms. The summed E-state index contributed by atoms with van der Waals surface area (Å²) in [6.07, 6.45) is 0.0279. The monoisotopic (exact) mass is 471 g/mol. The molecule has 162 valence electrons. The number of hydrogen-bond donors (Lipinski definition) is 2. The molecule has 1 aliphatic rings. The fraction of sp³-hybridized carbons (Fsp3) is 0.350. The van der Waals surface area contributed by atoms with Crippen LogP contribution in [0.15, 0.2) is 47.4 Å². The third kappa shape index (κ3) is 6.66. The van der Waals surface area contributed by atoms with Crippen molar-refractivity contribution in [3.8, 4) is 0 Å². The summed E-state index contributed by atoms with van der Waals surface area (Å²) in [5, 5.41) is 9.01. The number of benzene rings is 2. The number of nitrogens with zero attached hydrogens (tertiary/aromatic N) is 1. The zero-order chi connectivity index (χ0) is 21.7. The Balaban J connectivity index is 1.46. The van der Waals surface area contributed by atoms with Crippen LogP contribution in [0.4, 0.5) is 0 Å². The van der Waals surface area contributed by atoms with Gasteiger partial charge in [0.15, 0.2) is 0 Å². The van der Waals surface area contributed by atoms with Gasteiger partial charge in [0, 0.05) is 26.2 Å². The van der Waals surface area contributed by atoms with Crippen molar-refractivity contribution in [3.63, 3.8) is 0 Å². The lowest BCUT2D eigenvalue weighted by Crippen LogP contribution is -2.47. The molecule has 3 N–H and O–H groups in total. The number of ether oxygens (including phenoxy) is 1. The maximum Gasteiger partial charge on any atom is 0.238 e. The molecule has 0 unspecified atom stereocenters. The van der Waals surface area contributed by atoms with Crippen molar-refractivity contribution in [3.05, 3.63) is 63.6 Å². The molecule has 30 heavy (non-hydrogen) atoms. The fourth-order valence-corrected chi connectivity index (χ4v) is 4.05. The van der Waals surface area contributed by atoms with E-state index in [1.54, 1.807) is 18.2 Å². The number of sulfonamides is 1. The maximum absolute atomic E-state index is 12.2. The van der Waals surface area contributed by atoms with Crippen LogP contribution in [-0.2, 0) is 32.5 Å². The first kappa shape index (κ1) is 23.0. The molecule has 0 spiro atoms. The molecule has 0 radical (unpaired) electrons. The Hall–Kier alpha value is -1.68. The summed E-state index contributed by atoms with van der Waals surface area (Å²) in [7, 11) is -3.74. The minimum absolute atomic E-state index is 0.0179. The van der Waals surface area contributed by atoms with Crippen molar-refractivity contribution in [1.82, 2.24) is 10.2 Å². The molecule has 7 nitrogen and oxygen atoms in total. The van der Waals surface area contributed by atoms with Crippen molar-refractivity contribution in [2.24, 2.45) is 5.14 Å². The minimum atomic E-state index is -3.74. The quantitative estimate of drug-likeness (QED) is 0.644. The first-order valence-electron chi connectivity index (χ1n) is 9.37. The molecule has 2 aromatic rings. The van der Waals surface area contributed by atoms with Gasteiger partial charge >= 0.3 is 0 Å². The fourth-order valence-electron chi connectivity index (χ4n) is 3.22. The third-order valence-electron chi connectivity index (χ3n) is 4.76. The molecule has 1 atom stereocenters. The lowest BCUT2D eigenvalue weighted by Gasteiger charge is -2.33. The Morgan fingerprint density at radius 1 is 1.13 bits per heavy atom. The molecular formula is C20H23Cl2N3O4S. The van der Waals surface area contributed by atoms with Gasteiger partial charge < -0.3 is 10.1 Å². The van der Waals surface area contributed by atoms with Crippen LogP contribution in [0.1, 0.15) is 11.1 Å². The van der Waals surface area contributed by atoms with E-state index in [1.807, 2.05) is 12.1 Å². The van der Waals surface area contributed by atoms with E-state index in [4.69, 9.17) is 33.1 Å². The van der Waals surface area contributed by atoms with Gasteiger partial charge in [-0.1, -0.05) is 41.4 Å². The second kappa shape index (κ2) is 10.1. The van der Waals surface area contributed by atoms with Crippen molar-refractivity contribution in [2.75, 3.05) is 26.2 Å². The molecule has 1 fully saturated rings. The van der Waals surface area contributed by atoms with E-state index in [0.29, 0.717) is 35.3 Å². The highest BCUT2D eigenvalue weighted by atomic mass is 35.5. The lowest BCUT2D eigenvalue weighted by atomic mass is 10.1. The number of primary sulfonamides is 1. The van der Waals surface area contributed by atoms with Gasteiger partial charge in [0.25, 0.3) is 0 Å². The SMILES string of the molecule is NS(=O)(=O)c1ccc(CC(=O)NC[C@H]2CN(Cc3ccc(Cl)c(Cl)c3)CCO2)cc1. The Labute approximate surface area is 186 Å². The highest BCUT2D eigenvalue weighted by molar-refractivity contribution is 7.89. The molecule has 10 heteroatoms. The summed E-state index contributed by atoms with van der Waals surface area (Å²) in [5.41, 5.74) is 1.77. The molecule has 1 heterocycles. The third-order valence-corrected chi connectivity index (χ3v) is 6.42. The van der Waals surface area contributed by atoms with Crippen LogP contribution in [0.3, 0.4) is 0 Å². The molecular weight excluding hydrogens is 449 g/mol. The minimum Gasteiger partial charge on any atom is -0.374 e. The summed E-state index contributed by atoms with van der Waals surface area (Å²) in [6.45, 7) is 3.18. The molecule has 0 aromatic heterocycles. The zero-order valence-corrected chi connectivity index (χ0v) is 18.5. The molecule has 1 amide bonds. The summed E-state index contributed by atoms with van der Waals surface area (Å²) in [6, 6.07) is 11.5. The van der Waals surface area contributed by atoms with Gasteiger partial charge in [-0.2, -0.15) is 0 Å². The largest absolute Gasteiger partial charge is 0.374 e. The number of amides is 1. The van der Waals surface area contributed by atoms with E-state index >= 15 is 0 Å². The van der Waals surface area contributed by atoms with Gasteiger partial charge in [-0.25, -0.2) is 13.6 Å². The van der Waals surface area contributed by atoms with Crippen LogP contribution >= 0.6 is 23.2 Å². The van der Waals surface area contributed by atoms with Crippen molar-refractivity contribution in [2.45, 2.75) is 24.0 Å². The molecule has 0 saturated carbocycles. The molecule has 2 aromatic carbocycles. The van der Waals surface area contributed by atoms with Gasteiger partial charge in [0.2, 0.25) is 15.9 Å². The summed E-state index contributed by atoms with van der Waals surface area (Å²) >= 11 is 12.0. The number of rotatable bonds is 7. The average Bonchev–Trinajstić information content (AvgIpc) is 2.69. The highest BCUT2D eigenvalue weighted by Gasteiger charge is 2.21. The van der Waals surface area contributed by atoms with Crippen molar-refractivity contribution >= 4 is 39.1 Å². The Morgan fingerprint density at radius 2 is 1.83 bits per heavy atom. The van der Waals surface area contributed by atoms with Crippen molar-refractivity contribution in [1.29, 1.82) is 0 Å². The first-order valence-corrected chi connectivity index (χ1v) is 11.7. The Kier molecular flexibility index (Phi) is 7.73. The van der Waals surface area contributed by atoms with Crippen molar-refractivity contribution < 1.29 is 17.9 Å². The number of carbonyl (C=O) groups excluding carboxylic acids is 1. The molecule has 3 rings (SSSR count). The van der Waals surface area contributed by atoms with E-state index in [1.165, 1.54) is 12.1 Å². The Bertz CT molecular complexity index is 1000. The number of carbonyl (C=O) groups is 1. The summed E-state index contributed by atoms with van der Waals surface area (Å²) < 4.78 is 28.3. The standard InChI is InChI=1S/C20H23Cl2N3O4S/c21-18-6-3-15(9-19(18)22)12-25-7-8-29-16(13-25)11-24-20(26)10-14-1-4-17(5-2-14)30(23,27)28/h1-6,9,16H,7-8,10-13H2,(H,24,26)(H2,23,27,28)/t16-/m0/s1. The smallest absolute Gasteiger partial charge is 0.238 e. The van der Waals surface area contributed by atoms with Crippen LogP contribution < -0.4 is 10.5 Å². The van der Waals surface area contributed by atoms with E-state index < -0.39 is 10.0 Å². The molecule has 0 aliphatic carbocycles. The second-order valence-corrected chi connectivity index (χ2v) is 9.52. The summed E-state index contributed by atoms with van der Waals surface area (Å²) in [5.74, 6) is -0.163. The van der Waals surface area contributed by atoms with Crippen LogP contribution in [0.25, 0.3) is 0 Å². The lowest BCUT2D eigenvalue weighted by molar-refractivity contribution is -0.121. The van der Waals surface area contributed by atoms with Crippen LogP contribution in [0.2, 0.25) is 10.0 Å². The number of hydrogen-bond acceptors (Lipinski definition) is 5. The predicted octanol–water partition coefficient (Wildman–Crippen LogP) is 2.20. The molecule has 1 saturated heterocycles. The van der Waals surface area contributed by atoms with E-state index in [-0.39, 0.29) is 23.3 Å². The number of nitrogens with one attached hydrogen (secondary N) is 1. The normalized spacial score (nSPS) is 17.6. The number of halogens is 2. The molecule has 1 aliphatic heterocycles. The van der Waals surface area contributed by atoms with E-state index in [9.17, 15) is 13.2 Å². The Morgan fingerprint density at radius 3 is 2.50 bits per heavy atom. The van der Waals surface area contributed by atoms with Gasteiger partial charge in [-0.3, -0.25) is 9.69 Å². The van der Waals surface area contributed by atoms with Gasteiger partial charge in [0.05, 0.1) is 34.1 Å². The average molecular weight is 472 g/mol. The van der Waals surface area contributed by atoms with E-state index in [2.05, 4.69) is 10.2 Å². The topological polar surface area (TPSA) is 102 Å². The summed E-state index contributed by atoms with van der Waals surface area (Å²) in [4.78, 5) is 14.5. The highest BCUT2D eigenvalue weighted by Crippen LogP contribution is 2.23. The van der Waals surface area contributed by atoms with Crippen LogP contribution in [0, 0.1) is 0 Å².